The lowest BCUT2D eigenvalue weighted by molar-refractivity contribution is 0.0526. The molecule has 2 aromatic rings. The quantitative estimate of drug-likeness (QED) is 0.756. The number of esters is 1. The summed E-state index contributed by atoms with van der Waals surface area (Å²) in [6.07, 6.45) is 0. The van der Waals surface area contributed by atoms with Crippen LogP contribution in [0.1, 0.15) is 17.3 Å². The fraction of sp³-hybridized carbons (Fsp3) is 0.273. The number of rotatable bonds is 4. The Morgan fingerprint density at radius 2 is 2.06 bits per heavy atom. The molecule has 0 saturated heterocycles. The molecule has 7 nitrogen and oxygen atoms in total. The molecular formula is C11H12N4O3. The van der Waals surface area contributed by atoms with E-state index in [1.165, 1.54) is 4.68 Å². The van der Waals surface area contributed by atoms with Gasteiger partial charge < -0.3 is 9.47 Å². The van der Waals surface area contributed by atoms with E-state index in [4.69, 9.17) is 9.47 Å². The van der Waals surface area contributed by atoms with Gasteiger partial charge in [-0.2, -0.15) is 4.68 Å². The smallest absolute Gasteiger partial charge is 0.340 e. The van der Waals surface area contributed by atoms with Crippen LogP contribution in [-0.4, -0.2) is 32.8 Å². The normalized spacial score (nSPS) is 10.1. The second-order valence-corrected chi connectivity index (χ2v) is 3.43. The van der Waals surface area contributed by atoms with Gasteiger partial charge in [0, 0.05) is 7.05 Å². The Morgan fingerprint density at radius 3 is 2.61 bits per heavy atom. The Labute approximate surface area is 103 Å². The molecule has 0 fully saturated rings. The van der Waals surface area contributed by atoms with Crippen LogP contribution in [-0.2, 0) is 11.8 Å². The molecule has 1 aromatic heterocycles. The summed E-state index contributed by atoms with van der Waals surface area (Å²) < 4.78 is 11.7. The highest BCUT2D eigenvalue weighted by Gasteiger charge is 2.08. The van der Waals surface area contributed by atoms with E-state index in [2.05, 4.69) is 15.5 Å². The van der Waals surface area contributed by atoms with Crippen molar-refractivity contribution in [2.75, 3.05) is 6.61 Å². The number of tetrazole rings is 1. The standard InChI is InChI=1S/C11H12N4O3/c1-3-17-10(16)8-4-6-9(7-5-8)18-11-12-13-14-15(11)2/h4-7H,3H2,1-2H3. The molecule has 18 heavy (non-hydrogen) atoms. The van der Waals surface area contributed by atoms with E-state index in [9.17, 15) is 4.79 Å². The van der Waals surface area contributed by atoms with E-state index < -0.39 is 0 Å². The van der Waals surface area contributed by atoms with Gasteiger partial charge in [-0.25, -0.2) is 4.79 Å². The largest absolute Gasteiger partial charge is 0.462 e. The summed E-state index contributed by atoms with van der Waals surface area (Å²) in [6.45, 7) is 2.11. The van der Waals surface area contributed by atoms with Gasteiger partial charge in [0.1, 0.15) is 5.75 Å². The zero-order valence-corrected chi connectivity index (χ0v) is 10.0. The number of hydrogen-bond donors (Lipinski definition) is 0. The second-order valence-electron chi connectivity index (χ2n) is 3.43. The van der Waals surface area contributed by atoms with Gasteiger partial charge in [0.2, 0.25) is 0 Å². The van der Waals surface area contributed by atoms with Crippen molar-refractivity contribution >= 4 is 5.97 Å². The first-order chi connectivity index (χ1) is 8.70. The first kappa shape index (κ1) is 12.0. The van der Waals surface area contributed by atoms with Crippen molar-refractivity contribution in [3.8, 4) is 11.8 Å². The minimum atomic E-state index is -0.357. The summed E-state index contributed by atoms with van der Waals surface area (Å²) in [5, 5.41) is 10.8. The topological polar surface area (TPSA) is 79.1 Å². The monoisotopic (exact) mass is 248 g/mol. The van der Waals surface area contributed by atoms with Gasteiger partial charge in [0.15, 0.2) is 0 Å². The average Bonchev–Trinajstić information content (AvgIpc) is 2.76. The third-order valence-electron chi connectivity index (χ3n) is 2.16. The number of ether oxygens (including phenoxy) is 2. The molecule has 7 heteroatoms. The molecule has 0 spiro atoms. The van der Waals surface area contributed by atoms with Gasteiger partial charge in [0.05, 0.1) is 12.2 Å². The van der Waals surface area contributed by atoms with E-state index in [-0.39, 0.29) is 12.0 Å². The molecule has 0 amide bonds. The third-order valence-corrected chi connectivity index (χ3v) is 2.16. The zero-order chi connectivity index (χ0) is 13.0. The van der Waals surface area contributed by atoms with Gasteiger partial charge in [-0.15, -0.1) is 0 Å². The van der Waals surface area contributed by atoms with Crippen molar-refractivity contribution in [1.29, 1.82) is 0 Å². The molecule has 0 unspecified atom stereocenters. The summed E-state index contributed by atoms with van der Waals surface area (Å²) in [4.78, 5) is 11.4. The number of carbonyl (C=O) groups excluding carboxylic acids is 1. The Balaban J connectivity index is 2.08. The Hall–Kier alpha value is -2.44. The van der Waals surface area contributed by atoms with Crippen molar-refractivity contribution in [2.24, 2.45) is 7.05 Å². The molecule has 1 heterocycles. The van der Waals surface area contributed by atoms with E-state index in [0.29, 0.717) is 17.9 Å². The highest BCUT2D eigenvalue weighted by Crippen LogP contribution is 2.18. The highest BCUT2D eigenvalue weighted by atomic mass is 16.5. The fourth-order valence-electron chi connectivity index (χ4n) is 1.29. The van der Waals surface area contributed by atoms with E-state index in [1.54, 1.807) is 38.2 Å². The van der Waals surface area contributed by atoms with E-state index >= 15 is 0 Å². The summed E-state index contributed by atoms with van der Waals surface area (Å²) in [5.41, 5.74) is 0.472. The summed E-state index contributed by atoms with van der Waals surface area (Å²) in [6, 6.07) is 6.83. The van der Waals surface area contributed by atoms with Gasteiger partial charge >= 0.3 is 12.0 Å². The molecule has 0 bridgehead atoms. The lowest BCUT2D eigenvalue weighted by Crippen LogP contribution is -2.04. The van der Waals surface area contributed by atoms with E-state index in [0.717, 1.165) is 0 Å². The number of carbonyl (C=O) groups is 1. The molecule has 1 aromatic carbocycles. The van der Waals surface area contributed by atoms with Crippen LogP contribution in [0.2, 0.25) is 0 Å². The SMILES string of the molecule is CCOC(=O)c1ccc(Oc2nnnn2C)cc1. The molecule has 0 aliphatic carbocycles. The van der Waals surface area contributed by atoms with Gasteiger partial charge in [-0.1, -0.05) is 5.10 Å². The lowest BCUT2D eigenvalue weighted by atomic mass is 10.2. The first-order valence-electron chi connectivity index (χ1n) is 5.38. The van der Waals surface area contributed by atoms with Gasteiger partial charge in [-0.3, -0.25) is 0 Å². The maximum absolute atomic E-state index is 11.4. The van der Waals surface area contributed by atoms with Crippen LogP contribution in [0.5, 0.6) is 11.8 Å². The maximum Gasteiger partial charge on any atom is 0.340 e. The molecule has 0 aliphatic rings. The van der Waals surface area contributed by atoms with Crippen molar-refractivity contribution in [1.82, 2.24) is 20.2 Å². The Bertz CT molecular complexity index is 535. The van der Waals surface area contributed by atoms with Crippen LogP contribution in [0.4, 0.5) is 0 Å². The van der Waals surface area contributed by atoms with Gasteiger partial charge in [-0.05, 0) is 41.6 Å². The lowest BCUT2D eigenvalue weighted by Gasteiger charge is -2.04. The molecular weight excluding hydrogens is 236 g/mol. The van der Waals surface area contributed by atoms with Crippen LogP contribution in [0.3, 0.4) is 0 Å². The second kappa shape index (κ2) is 5.26. The highest BCUT2D eigenvalue weighted by molar-refractivity contribution is 5.89. The molecule has 94 valence electrons. The van der Waals surface area contributed by atoms with Crippen molar-refractivity contribution in [3.05, 3.63) is 29.8 Å². The number of benzene rings is 1. The summed E-state index contributed by atoms with van der Waals surface area (Å²) in [5.74, 6) is 0.185. The summed E-state index contributed by atoms with van der Waals surface area (Å²) >= 11 is 0. The minimum absolute atomic E-state index is 0.277. The Morgan fingerprint density at radius 1 is 1.33 bits per heavy atom. The maximum atomic E-state index is 11.4. The number of nitrogens with zero attached hydrogens (tertiary/aromatic N) is 4. The van der Waals surface area contributed by atoms with Crippen LogP contribution in [0.15, 0.2) is 24.3 Å². The van der Waals surface area contributed by atoms with E-state index in [1.807, 2.05) is 0 Å². The minimum Gasteiger partial charge on any atom is -0.462 e. The van der Waals surface area contributed by atoms with Crippen LogP contribution < -0.4 is 4.74 Å². The molecule has 0 atom stereocenters. The predicted molar refractivity (Wildman–Crippen MR) is 61.3 cm³/mol. The van der Waals surface area contributed by atoms with Crippen molar-refractivity contribution in [2.45, 2.75) is 6.92 Å². The van der Waals surface area contributed by atoms with Crippen molar-refractivity contribution < 1.29 is 14.3 Å². The zero-order valence-electron chi connectivity index (χ0n) is 10.0. The number of aryl methyl sites for hydroxylation is 1. The molecule has 2 rings (SSSR count). The Kier molecular flexibility index (Phi) is 3.52. The molecule has 0 radical (unpaired) electrons. The number of aromatic nitrogens is 4. The van der Waals surface area contributed by atoms with Crippen LogP contribution >= 0.6 is 0 Å². The molecule has 0 saturated carbocycles. The molecule has 0 N–H and O–H groups in total. The van der Waals surface area contributed by atoms with Gasteiger partial charge in [0.25, 0.3) is 0 Å². The summed E-state index contributed by atoms with van der Waals surface area (Å²) in [7, 11) is 1.67. The van der Waals surface area contributed by atoms with Crippen molar-refractivity contribution in [3.63, 3.8) is 0 Å². The first-order valence-corrected chi connectivity index (χ1v) is 5.38. The molecule has 0 aliphatic heterocycles. The third kappa shape index (κ3) is 2.62. The average molecular weight is 248 g/mol. The van der Waals surface area contributed by atoms with Crippen LogP contribution in [0.25, 0.3) is 0 Å². The number of hydrogen-bond acceptors (Lipinski definition) is 6. The van der Waals surface area contributed by atoms with Crippen LogP contribution in [0, 0.1) is 0 Å². The predicted octanol–water partition coefficient (Wildman–Crippen LogP) is 1.18. The fourth-order valence-corrected chi connectivity index (χ4v) is 1.29.